The Balaban J connectivity index is 0.00000162. The van der Waals surface area contributed by atoms with Crippen molar-refractivity contribution in [1.82, 2.24) is 19.4 Å². The van der Waals surface area contributed by atoms with Crippen molar-refractivity contribution in [3.8, 4) is 0 Å². The summed E-state index contributed by atoms with van der Waals surface area (Å²) in [7, 11) is 0.255. The number of aromatic nitrogens is 2. The van der Waals surface area contributed by atoms with Gasteiger partial charge in [0.1, 0.15) is 4.90 Å². The van der Waals surface area contributed by atoms with Crippen LogP contribution in [0.2, 0.25) is 0 Å². The molecule has 6 nitrogen and oxygen atoms in total. The van der Waals surface area contributed by atoms with E-state index in [-0.39, 0.29) is 17.3 Å². The first-order valence-corrected chi connectivity index (χ1v) is 7.11. The number of halogens is 1. The summed E-state index contributed by atoms with van der Waals surface area (Å²) < 4.78 is 27.6. The third kappa shape index (κ3) is 3.03. The van der Waals surface area contributed by atoms with Crippen molar-refractivity contribution in [1.29, 1.82) is 0 Å². The smallest absolute Gasteiger partial charge is 0.246 e. The quantitative estimate of drug-likeness (QED) is 0.853. The average Bonchev–Trinajstić information content (AvgIpc) is 2.88. The maximum Gasteiger partial charge on any atom is 0.246 e. The Hall–Kier alpha value is -0.630. The van der Waals surface area contributed by atoms with Crippen LogP contribution in [0.3, 0.4) is 0 Å². The zero-order valence-corrected chi connectivity index (χ0v) is 12.2. The van der Waals surface area contributed by atoms with Crippen molar-refractivity contribution >= 4 is 22.4 Å². The lowest BCUT2D eigenvalue weighted by Crippen LogP contribution is -2.30. The molecule has 0 aliphatic carbocycles. The predicted octanol–water partition coefficient (Wildman–Crippen LogP) is 0.0719. The van der Waals surface area contributed by atoms with E-state index in [2.05, 4.69) is 10.4 Å². The Bertz CT molecular complexity index is 488. The summed E-state index contributed by atoms with van der Waals surface area (Å²) in [6.45, 7) is 2.06. The van der Waals surface area contributed by atoms with Crippen LogP contribution in [-0.4, -0.2) is 49.2 Å². The van der Waals surface area contributed by atoms with Gasteiger partial charge in [-0.05, 0) is 25.9 Å². The van der Waals surface area contributed by atoms with Crippen LogP contribution in [0.25, 0.3) is 0 Å². The topological polar surface area (TPSA) is 67.2 Å². The molecule has 0 amide bonds. The van der Waals surface area contributed by atoms with Crippen LogP contribution in [0.5, 0.6) is 0 Å². The largest absolute Gasteiger partial charge is 0.319 e. The van der Waals surface area contributed by atoms with Gasteiger partial charge in [-0.25, -0.2) is 8.42 Å². The molecule has 1 aromatic heterocycles. The fourth-order valence-electron chi connectivity index (χ4n) is 2.15. The van der Waals surface area contributed by atoms with Crippen LogP contribution in [0.4, 0.5) is 0 Å². The highest BCUT2D eigenvalue weighted by atomic mass is 35.5. The van der Waals surface area contributed by atoms with Gasteiger partial charge in [-0.1, -0.05) is 0 Å². The summed E-state index contributed by atoms with van der Waals surface area (Å²) in [5.41, 5.74) is 0. The Morgan fingerprint density at radius 1 is 1.56 bits per heavy atom. The molecule has 1 N–H and O–H groups in total. The number of aryl methyl sites for hydroxylation is 1. The molecular weight excluding hydrogens is 276 g/mol. The van der Waals surface area contributed by atoms with Crippen LogP contribution in [0.1, 0.15) is 6.42 Å². The second-order valence-electron chi connectivity index (χ2n) is 4.43. The van der Waals surface area contributed by atoms with Crippen molar-refractivity contribution in [2.75, 3.05) is 26.7 Å². The molecule has 1 atom stereocenters. The molecule has 1 unspecified atom stereocenters. The van der Waals surface area contributed by atoms with Crippen molar-refractivity contribution in [2.45, 2.75) is 11.3 Å². The van der Waals surface area contributed by atoms with E-state index < -0.39 is 10.0 Å². The van der Waals surface area contributed by atoms with E-state index >= 15 is 0 Å². The summed E-state index contributed by atoms with van der Waals surface area (Å²) in [4.78, 5) is 0.283. The Morgan fingerprint density at radius 2 is 2.28 bits per heavy atom. The molecular formula is C10H19ClN4O2S. The fourth-order valence-corrected chi connectivity index (χ4v) is 3.67. The minimum atomic E-state index is -3.35. The average molecular weight is 295 g/mol. The van der Waals surface area contributed by atoms with Gasteiger partial charge in [0.25, 0.3) is 0 Å². The first-order chi connectivity index (χ1) is 8.04. The van der Waals surface area contributed by atoms with Gasteiger partial charge in [-0.15, -0.1) is 12.4 Å². The van der Waals surface area contributed by atoms with Crippen LogP contribution in [-0.2, 0) is 17.1 Å². The van der Waals surface area contributed by atoms with Crippen molar-refractivity contribution in [3.05, 3.63) is 12.4 Å². The van der Waals surface area contributed by atoms with E-state index in [0.29, 0.717) is 19.0 Å². The van der Waals surface area contributed by atoms with Gasteiger partial charge in [-0.2, -0.15) is 9.40 Å². The van der Waals surface area contributed by atoms with E-state index in [4.69, 9.17) is 0 Å². The molecule has 0 bridgehead atoms. The molecule has 2 rings (SSSR count). The summed E-state index contributed by atoms with van der Waals surface area (Å²) in [5, 5.41) is 7.00. The Morgan fingerprint density at radius 3 is 2.83 bits per heavy atom. The first-order valence-electron chi connectivity index (χ1n) is 5.67. The van der Waals surface area contributed by atoms with E-state index in [1.54, 1.807) is 17.5 Å². The van der Waals surface area contributed by atoms with E-state index in [9.17, 15) is 8.42 Å². The lowest BCUT2D eigenvalue weighted by molar-refractivity contribution is 0.451. The molecule has 1 aliphatic heterocycles. The molecule has 8 heteroatoms. The number of hydrogen-bond acceptors (Lipinski definition) is 4. The molecule has 1 aromatic rings. The van der Waals surface area contributed by atoms with Gasteiger partial charge in [0.05, 0.1) is 6.20 Å². The highest BCUT2D eigenvalue weighted by Gasteiger charge is 2.32. The zero-order valence-electron chi connectivity index (χ0n) is 10.5. The van der Waals surface area contributed by atoms with Crippen LogP contribution < -0.4 is 5.32 Å². The van der Waals surface area contributed by atoms with Crippen LogP contribution in [0.15, 0.2) is 17.3 Å². The lowest BCUT2D eigenvalue weighted by Gasteiger charge is -2.15. The normalized spacial score (nSPS) is 20.9. The number of nitrogens with zero attached hydrogens (tertiary/aromatic N) is 3. The molecule has 0 radical (unpaired) electrons. The number of hydrogen-bond donors (Lipinski definition) is 1. The van der Waals surface area contributed by atoms with E-state index in [0.717, 1.165) is 13.0 Å². The molecule has 18 heavy (non-hydrogen) atoms. The zero-order chi connectivity index (χ0) is 12.5. The van der Waals surface area contributed by atoms with Crippen LogP contribution in [0, 0.1) is 5.92 Å². The first kappa shape index (κ1) is 15.4. The van der Waals surface area contributed by atoms with Gasteiger partial charge >= 0.3 is 0 Å². The standard InChI is InChI=1S/C10H18N4O2S.ClH/c1-11-5-9-3-4-14(7-9)17(15,16)10-6-12-13(2)8-10;/h6,8-9,11H,3-5,7H2,1-2H3;1H. The monoisotopic (exact) mass is 294 g/mol. The molecule has 0 saturated carbocycles. The SMILES string of the molecule is CNCC1CCN(S(=O)(=O)c2cnn(C)c2)C1.Cl. The molecule has 1 aliphatic rings. The maximum atomic E-state index is 12.2. The van der Waals surface area contributed by atoms with Crippen molar-refractivity contribution in [3.63, 3.8) is 0 Å². The van der Waals surface area contributed by atoms with Crippen molar-refractivity contribution < 1.29 is 8.42 Å². The molecule has 104 valence electrons. The lowest BCUT2D eigenvalue weighted by atomic mass is 10.1. The molecule has 2 heterocycles. The van der Waals surface area contributed by atoms with Gasteiger partial charge in [0, 0.05) is 26.3 Å². The van der Waals surface area contributed by atoms with E-state index in [1.165, 1.54) is 10.9 Å². The number of sulfonamides is 1. The maximum absolute atomic E-state index is 12.2. The highest BCUT2D eigenvalue weighted by molar-refractivity contribution is 7.89. The Kier molecular flexibility index (Phi) is 5.15. The minimum Gasteiger partial charge on any atom is -0.319 e. The van der Waals surface area contributed by atoms with E-state index in [1.807, 2.05) is 7.05 Å². The minimum absolute atomic E-state index is 0. The van der Waals surface area contributed by atoms with Crippen LogP contribution >= 0.6 is 12.4 Å². The third-order valence-corrected chi connectivity index (χ3v) is 4.88. The molecule has 0 spiro atoms. The summed E-state index contributed by atoms with van der Waals surface area (Å²) in [5.74, 6) is 0.409. The van der Waals surface area contributed by atoms with Gasteiger partial charge in [0.15, 0.2) is 0 Å². The summed E-state index contributed by atoms with van der Waals surface area (Å²) in [6, 6.07) is 0. The third-order valence-electron chi connectivity index (χ3n) is 3.06. The second-order valence-corrected chi connectivity index (χ2v) is 6.36. The Labute approximate surface area is 114 Å². The molecule has 0 aromatic carbocycles. The summed E-state index contributed by atoms with van der Waals surface area (Å²) in [6.07, 6.45) is 3.86. The van der Waals surface area contributed by atoms with Gasteiger partial charge in [0.2, 0.25) is 10.0 Å². The second kappa shape index (κ2) is 6.01. The highest BCUT2D eigenvalue weighted by Crippen LogP contribution is 2.23. The van der Waals surface area contributed by atoms with Gasteiger partial charge in [-0.3, -0.25) is 4.68 Å². The fraction of sp³-hybridized carbons (Fsp3) is 0.700. The number of rotatable bonds is 4. The number of nitrogens with one attached hydrogen (secondary N) is 1. The molecule has 1 fully saturated rings. The predicted molar refractivity (Wildman–Crippen MR) is 71.2 cm³/mol. The summed E-state index contributed by atoms with van der Waals surface area (Å²) >= 11 is 0. The molecule has 1 saturated heterocycles. The van der Waals surface area contributed by atoms with Crippen molar-refractivity contribution in [2.24, 2.45) is 13.0 Å². The van der Waals surface area contributed by atoms with Gasteiger partial charge < -0.3 is 5.32 Å².